The molecule has 76 valence electrons. The van der Waals surface area contributed by atoms with Gasteiger partial charge in [-0.2, -0.15) is 0 Å². The van der Waals surface area contributed by atoms with Gasteiger partial charge in [0.2, 0.25) is 0 Å². The van der Waals surface area contributed by atoms with Gasteiger partial charge in [-0.3, -0.25) is 4.98 Å². The molecule has 1 nitrogen and oxygen atoms in total. The van der Waals surface area contributed by atoms with Crippen LogP contribution in [-0.4, -0.2) is 4.98 Å². The third kappa shape index (κ3) is 2.23. The number of hydrogen-bond donors (Lipinski definition) is 0. The Bertz CT molecular complexity index is 497. The zero-order chi connectivity index (χ0) is 10.8. The van der Waals surface area contributed by atoms with E-state index < -0.39 is 0 Å². The molecule has 2 rings (SSSR count). The number of benzene rings is 1. The summed E-state index contributed by atoms with van der Waals surface area (Å²) in [7, 11) is 0. The Morgan fingerprint density at radius 1 is 1.27 bits per heavy atom. The number of halogens is 2. The molecule has 0 fully saturated rings. The van der Waals surface area contributed by atoms with Gasteiger partial charge in [-0.25, -0.2) is 4.39 Å². The number of pyridine rings is 1. The van der Waals surface area contributed by atoms with E-state index >= 15 is 0 Å². The van der Waals surface area contributed by atoms with Crippen LogP contribution in [0.3, 0.4) is 0 Å². The monoisotopic (exact) mass is 265 g/mol. The van der Waals surface area contributed by atoms with Crippen LogP contribution in [0.4, 0.5) is 4.39 Å². The van der Waals surface area contributed by atoms with Crippen molar-refractivity contribution in [3.63, 3.8) is 0 Å². The average Bonchev–Trinajstić information content (AvgIpc) is 2.22. The second kappa shape index (κ2) is 4.11. The molecule has 1 aromatic heterocycles. The first kappa shape index (κ1) is 10.3. The topological polar surface area (TPSA) is 12.9 Å². The van der Waals surface area contributed by atoms with E-state index in [2.05, 4.69) is 20.9 Å². The Morgan fingerprint density at radius 3 is 2.73 bits per heavy atom. The van der Waals surface area contributed by atoms with Gasteiger partial charge in [-0.1, -0.05) is 12.1 Å². The summed E-state index contributed by atoms with van der Waals surface area (Å²) >= 11 is 3.38. The number of hydrogen-bond acceptors (Lipinski definition) is 1. The average molecular weight is 266 g/mol. The number of aromatic nitrogens is 1. The van der Waals surface area contributed by atoms with Crippen molar-refractivity contribution in [1.29, 1.82) is 0 Å². The number of rotatable bonds is 1. The van der Waals surface area contributed by atoms with E-state index in [1.54, 1.807) is 12.3 Å². The summed E-state index contributed by atoms with van der Waals surface area (Å²) in [6, 6.07) is 8.37. The summed E-state index contributed by atoms with van der Waals surface area (Å²) in [6.45, 7) is 1.98. The van der Waals surface area contributed by atoms with Crippen molar-refractivity contribution >= 4 is 15.9 Å². The van der Waals surface area contributed by atoms with Crippen molar-refractivity contribution in [2.75, 3.05) is 0 Å². The normalized spacial score (nSPS) is 10.3. The molecule has 0 aliphatic rings. The van der Waals surface area contributed by atoms with Crippen molar-refractivity contribution in [2.45, 2.75) is 6.92 Å². The predicted molar refractivity (Wildman–Crippen MR) is 62.1 cm³/mol. The number of nitrogens with zero attached hydrogens (tertiary/aromatic N) is 1. The van der Waals surface area contributed by atoms with Crippen LogP contribution in [0.2, 0.25) is 0 Å². The molecule has 0 aliphatic carbocycles. The molecule has 0 amide bonds. The van der Waals surface area contributed by atoms with Crippen molar-refractivity contribution in [3.8, 4) is 11.3 Å². The van der Waals surface area contributed by atoms with Gasteiger partial charge in [0, 0.05) is 16.2 Å². The summed E-state index contributed by atoms with van der Waals surface area (Å²) in [5.74, 6) is -0.241. The lowest BCUT2D eigenvalue weighted by Gasteiger charge is -2.03. The second-order valence-corrected chi connectivity index (χ2v) is 4.18. The highest BCUT2D eigenvalue weighted by Gasteiger charge is 2.02. The van der Waals surface area contributed by atoms with E-state index in [0.717, 1.165) is 21.3 Å². The minimum absolute atomic E-state index is 0.241. The first-order valence-corrected chi connectivity index (χ1v) is 5.34. The molecule has 2 aromatic rings. The third-order valence-electron chi connectivity index (χ3n) is 2.17. The molecule has 3 heteroatoms. The molecule has 0 spiro atoms. The summed E-state index contributed by atoms with van der Waals surface area (Å²) in [5, 5.41) is 0. The van der Waals surface area contributed by atoms with Crippen LogP contribution in [0.25, 0.3) is 11.3 Å². The van der Waals surface area contributed by atoms with Gasteiger partial charge in [0.1, 0.15) is 5.82 Å². The third-order valence-corrected chi connectivity index (χ3v) is 3.00. The molecule has 0 N–H and O–H groups in total. The fraction of sp³-hybridized carbons (Fsp3) is 0.0833. The van der Waals surface area contributed by atoms with Gasteiger partial charge in [-0.15, -0.1) is 0 Å². The molecule has 0 unspecified atom stereocenters. The summed E-state index contributed by atoms with van der Waals surface area (Å²) in [5.41, 5.74) is 2.67. The minimum Gasteiger partial charge on any atom is -0.255 e. The maximum absolute atomic E-state index is 13.0. The second-order valence-electron chi connectivity index (χ2n) is 3.33. The van der Waals surface area contributed by atoms with Crippen molar-refractivity contribution < 1.29 is 4.39 Å². The van der Waals surface area contributed by atoms with Gasteiger partial charge in [0.15, 0.2) is 0 Å². The minimum atomic E-state index is -0.241. The van der Waals surface area contributed by atoms with Gasteiger partial charge < -0.3 is 0 Å². The summed E-state index contributed by atoms with van der Waals surface area (Å²) < 4.78 is 14.0. The lowest BCUT2D eigenvalue weighted by atomic mass is 10.1. The standard InChI is InChI=1S/C12H9BrFN/c1-8-5-12(15-7-11(8)13)9-3-2-4-10(14)6-9/h2-7H,1H3. The first-order chi connectivity index (χ1) is 7.16. The molecule has 15 heavy (non-hydrogen) atoms. The SMILES string of the molecule is Cc1cc(-c2cccc(F)c2)ncc1Br. The smallest absolute Gasteiger partial charge is 0.123 e. The van der Waals surface area contributed by atoms with E-state index in [0.29, 0.717) is 0 Å². The van der Waals surface area contributed by atoms with Crippen LogP contribution in [0.5, 0.6) is 0 Å². The van der Waals surface area contributed by atoms with Crippen LogP contribution in [0.15, 0.2) is 41.0 Å². The lowest BCUT2D eigenvalue weighted by Crippen LogP contribution is -1.86. The van der Waals surface area contributed by atoms with E-state index in [1.807, 2.05) is 19.1 Å². The molecule has 0 atom stereocenters. The highest BCUT2D eigenvalue weighted by molar-refractivity contribution is 9.10. The Balaban J connectivity index is 2.50. The fourth-order valence-electron chi connectivity index (χ4n) is 1.34. The lowest BCUT2D eigenvalue weighted by molar-refractivity contribution is 0.628. The van der Waals surface area contributed by atoms with Crippen molar-refractivity contribution in [2.24, 2.45) is 0 Å². The first-order valence-electron chi connectivity index (χ1n) is 4.55. The maximum Gasteiger partial charge on any atom is 0.123 e. The van der Waals surface area contributed by atoms with Crippen LogP contribution >= 0.6 is 15.9 Å². The molecule has 0 saturated carbocycles. The quantitative estimate of drug-likeness (QED) is 0.761. The van der Waals surface area contributed by atoms with E-state index in [1.165, 1.54) is 12.1 Å². The van der Waals surface area contributed by atoms with Crippen molar-refractivity contribution in [3.05, 3.63) is 52.4 Å². The summed E-state index contributed by atoms with van der Waals surface area (Å²) in [4.78, 5) is 4.24. The molecule has 0 radical (unpaired) electrons. The molecule has 1 aromatic carbocycles. The Kier molecular flexibility index (Phi) is 2.82. The number of aryl methyl sites for hydroxylation is 1. The Morgan fingerprint density at radius 2 is 2.07 bits per heavy atom. The van der Waals surface area contributed by atoms with Crippen LogP contribution < -0.4 is 0 Å². The van der Waals surface area contributed by atoms with Gasteiger partial charge in [-0.05, 0) is 46.6 Å². The zero-order valence-electron chi connectivity index (χ0n) is 8.17. The molecular formula is C12H9BrFN. The fourth-order valence-corrected chi connectivity index (χ4v) is 1.56. The van der Waals surface area contributed by atoms with Gasteiger partial charge in [0.25, 0.3) is 0 Å². The van der Waals surface area contributed by atoms with E-state index in [4.69, 9.17) is 0 Å². The highest BCUT2D eigenvalue weighted by atomic mass is 79.9. The van der Waals surface area contributed by atoms with Gasteiger partial charge in [0.05, 0.1) is 5.69 Å². The molecule has 0 aliphatic heterocycles. The zero-order valence-corrected chi connectivity index (χ0v) is 9.75. The highest BCUT2D eigenvalue weighted by Crippen LogP contribution is 2.22. The molecular weight excluding hydrogens is 257 g/mol. The van der Waals surface area contributed by atoms with E-state index in [-0.39, 0.29) is 5.82 Å². The predicted octanol–water partition coefficient (Wildman–Crippen LogP) is 3.96. The molecule has 0 bridgehead atoms. The molecule has 1 heterocycles. The Hall–Kier alpha value is -1.22. The largest absolute Gasteiger partial charge is 0.255 e. The van der Waals surface area contributed by atoms with Crippen LogP contribution in [-0.2, 0) is 0 Å². The Labute approximate surface area is 96.1 Å². The maximum atomic E-state index is 13.0. The summed E-state index contributed by atoms with van der Waals surface area (Å²) in [6.07, 6.45) is 1.73. The van der Waals surface area contributed by atoms with E-state index in [9.17, 15) is 4.39 Å². The van der Waals surface area contributed by atoms with Crippen molar-refractivity contribution in [1.82, 2.24) is 4.98 Å². The van der Waals surface area contributed by atoms with Crippen LogP contribution in [0.1, 0.15) is 5.56 Å². The molecule has 0 saturated heterocycles. The van der Waals surface area contributed by atoms with Crippen LogP contribution in [0, 0.1) is 12.7 Å². The van der Waals surface area contributed by atoms with Gasteiger partial charge >= 0.3 is 0 Å².